The normalized spacial score (nSPS) is 27.7. The van der Waals surface area contributed by atoms with Crippen LogP contribution in [0, 0.1) is 17.3 Å². The Morgan fingerprint density at radius 3 is 2.84 bits per heavy atom. The quantitative estimate of drug-likeness (QED) is 0.431. The zero-order valence-electron chi connectivity index (χ0n) is 11.5. The monoisotopic (exact) mass is 265 g/mol. The molecule has 0 heterocycles. The van der Waals surface area contributed by atoms with Crippen LogP contribution in [0.3, 0.4) is 0 Å². The molecule has 19 heavy (non-hydrogen) atoms. The molecule has 5 heteroatoms. The second-order valence-corrected chi connectivity index (χ2v) is 5.52. The molecule has 3 rings (SSSR count). The van der Waals surface area contributed by atoms with E-state index in [1.165, 1.54) is 0 Å². The van der Waals surface area contributed by atoms with Crippen LogP contribution in [-0.4, -0.2) is 31.2 Å². The molecule has 2 atom stereocenters. The van der Waals surface area contributed by atoms with Crippen molar-refractivity contribution in [1.29, 1.82) is 0 Å². The number of esters is 1. The highest BCUT2D eigenvalue weighted by atomic mass is 16.6. The molecule has 0 spiro atoms. The average Bonchev–Trinajstić information content (AvgIpc) is 2.33. The predicted octanol–water partition coefficient (Wildman–Crippen LogP) is 1.72. The van der Waals surface area contributed by atoms with Crippen LogP contribution < -0.4 is 0 Å². The Kier molecular flexibility index (Phi) is 3.73. The molecule has 104 valence electrons. The Morgan fingerprint density at radius 1 is 1.53 bits per heavy atom. The van der Waals surface area contributed by atoms with Crippen LogP contribution in [0.5, 0.6) is 0 Å². The highest BCUT2D eigenvalue weighted by molar-refractivity contribution is 6.01. The molecule has 0 aromatic heterocycles. The first-order valence-electron chi connectivity index (χ1n) is 6.53. The SMILES string of the molecule is CCOC(=O)CO/N=C\C1=CC(=O)[C@@H]2C[C@@H]1C2(C)C. The Morgan fingerprint density at radius 2 is 2.26 bits per heavy atom. The van der Waals surface area contributed by atoms with E-state index < -0.39 is 5.97 Å². The smallest absolute Gasteiger partial charge is 0.347 e. The molecule has 2 bridgehead atoms. The van der Waals surface area contributed by atoms with Crippen LogP contribution in [0.15, 0.2) is 16.8 Å². The van der Waals surface area contributed by atoms with Crippen molar-refractivity contribution in [3.63, 3.8) is 0 Å². The summed E-state index contributed by atoms with van der Waals surface area (Å²) >= 11 is 0. The van der Waals surface area contributed by atoms with E-state index in [1.54, 1.807) is 19.2 Å². The molecule has 3 aliphatic carbocycles. The summed E-state index contributed by atoms with van der Waals surface area (Å²) in [5.74, 6) is 0.219. The Labute approximate surface area is 112 Å². The van der Waals surface area contributed by atoms with E-state index in [9.17, 15) is 9.59 Å². The lowest BCUT2D eigenvalue weighted by molar-refractivity contribution is -0.148. The van der Waals surface area contributed by atoms with Gasteiger partial charge in [-0.3, -0.25) is 4.79 Å². The fourth-order valence-corrected chi connectivity index (χ4v) is 2.86. The number of allylic oxidation sites excluding steroid dienone is 2. The number of ether oxygens (including phenoxy) is 1. The number of rotatable bonds is 5. The number of nitrogens with zero attached hydrogens (tertiary/aromatic N) is 1. The van der Waals surface area contributed by atoms with Crippen molar-refractivity contribution in [3.05, 3.63) is 11.6 Å². The molecular formula is C14H19NO4. The van der Waals surface area contributed by atoms with Gasteiger partial charge in [-0.15, -0.1) is 0 Å². The molecule has 1 fully saturated rings. The average molecular weight is 265 g/mol. The fourth-order valence-electron chi connectivity index (χ4n) is 2.86. The first kappa shape index (κ1) is 13.8. The van der Waals surface area contributed by atoms with Crippen molar-refractivity contribution < 1.29 is 19.2 Å². The summed E-state index contributed by atoms with van der Waals surface area (Å²) in [4.78, 5) is 27.7. The Balaban J connectivity index is 1.89. The van der Waals surface area contributed by atoms with Gasteiger partial charge in [-0.1, -0.05) is 19.0 Å². The maximum absolute atomic E-state index is 11.8. The zero-order valence-corrected chi connectivity index (χ0v) is 11.5. The first-order valence-corrected chi connectivity index (χ1v) is 6.53. The van der Waals surface area contributed by atoms with Gasteiger partial charge in [0.1, 0.15) is 0 Å². The molecule has 0 saturated heterocycles. The number of fused-ring (bicyclic) bond motifs is 1. The fraction of sp³-hybridized carbons (Fsp3) is 0.643. The molecule has 0 aliphatic heterocycles. The number of oxime groups is 1. The molecule has 0 aromatic rings. The van der Waals surface area contributed by atoms with Gasteiger partial charge in [0.25, 0.3) is 0 Å². The molecule has 3 aliphatic rings. The standard InChI is InChI=1S/C14H19NO4/c1-4-18-13(17)8-19-15-7-9-5-12(16)11-6-10(9)14(11,2)3/h5,7,10-11H,4,6,8H2,1-3H3/b15-7-/t10-,11-/m0/s1. The Hall–Kier alpha value is -1.65. The number of hydrogen-bond acceptors (Lipinski definition) is 5. The van der Waals surface area contributed by atoms with Crippen LogP contribution >= 0.6 is 0 Å². The second-order valence-electron chi connectivity index (χ2n) is 5.52. The third-order valence-electron chi connectivity index (χ3n) is 4.09. The summed E-state index contributed by atoms with van der Waals surface area (Å²) in [6.07, 6.45) is 4.07. The van der Waals surface area contributed by atoms with E-state index >= 15 is 0 Å². The summed E-state index contributed by atoms with van der Waals surface area (Å²) in [6, 6.07) is 0. The lowest BCUT2D eigenvalue weighted by atomic mass is 9.48. The maximum Gasteiger partial charge on any atom is 0.347 e. The highest BCUT2D eigenvalue weighted by Gasteiger charge is 2.54. The third-order valence-corrected chi connectivity index (χ3v) is 4.09. The summed E-state index contributed by atoms with van der Waals surface area (Å²) in [7, 11) is 0. The van der Waals surface area contributed by atoms with Crippen molar-refractivity contribution >= 4 is 18.0 Å². The first-order chi connectivity index (χ1) is 8.96. The van der Waals surface area contributed by atoms with Crippen molar-refractivity contribution in [3.8, 4) is 0 Å². The second kappa shape index (κ2) is 5.15. The van der Waals surface area contributed by atoms with Gasteiger partial charge in [-0.2, -0.15) is 0 Å². The van der Waals surface area contributed by atoms with Gasteiger partial charge in [-0.05, 0) is 36.3 Å². The molecule has 1 saturated carbocycles. The maximum atomic E-state index is 11.8. The molecular weight excluding hydrogens is 246 g/mol. The van der Waals surface area contributed by atoms with Crippen molar-refractivity contribution in [2.45, 2.75) is 27.2 Å². The van der Waals surface area contributed by atoms with E-state index in [0.29, 0.717) is 12.5 Å². The van der Waals surface area contributed by atoms with Gasteiger partial charge in [-0.25, -0.2) is 4.79 Å². The summed E-state index contributed by atoms with van der Waals surface area (Å²) in [6.45, 7) is 6.05. The predicted molar refractivity (Wildman–Crippen MR) is 69.5 cm³/mol. The topological polar surface area (TPSA) is 65.0 Å². The molecule has 0 N–H and O–H groups in total. The van der Waals surface area contributed by atoms with Gasteiger partial charge < -0.3 is 9.57 Å². The number of carbonyl (C=O) groups is 2. The largest absolute Gasteiger partial charge is 0.463 e. The minimum atomic E-state index is -0.447. The number of hydrogen-bond donors (Lipinski definition) is 0. The lowest BCUT2D eigenvalue weighted by Gasteiger charge is -2.54. The van der Waals surface area contributed by atoms with Crippen LogP contribution in [0.4, 0.5) is 0 Å². The number of carbonyl (C=O) groups excluding carboxylic acids is 2. The summed E-state index contributed by atoms with van der Waals surface area (Å²) in [5, 5.41) is 3.75. The van der Waals surface area contributed by atoms with Gasteiger partial charge in [0.2, 0.25) is 6.61 Å². The molecule has 0 amide bonds. The van der Waals surface area contributed by atoms with Crippen molar-refractivity contribution in [2.24, 2.45) is 22.4 Å². The van der Waals surface area contributed by atoms with E-state index in [1.807, 2.05) is 0 Å². The van der Waals surface area contributed by atoms with Crippen LogP contribution in [-0.2, 0) is 19.2 Å². The highest BCUT2D eigenvalue weighted by Crippen LogP contribution is 2.57. The van der Waals surface area contributed by atoms with Crippen LogP contribution in [0.25, 0.3) is 0 Å². The summed E-state index contributed by atoms with van der Waals surface area (Å²) < 4.78 is 4.71. The molecule has 0 unspecified atom stereocenters. The zero-order chi connectivity index (χ0) is 14.0. The van der Waals surface area contributed by atoms with E-state index in [-0.39, 0.29) is 23.7 Å². The van der Waals surface area contributed by atoms with Gasteiger partial charge in [0, 0.05) is 5.92 Å². The minimum Gasteiger partial charge on any atom is -0.463 e. The molecule has 0 radical (unpaired) electrons. The van der Waals surface area contributed by atoms with Crippen molar-refractivity contribution in [2.75, 3.05) is 13.2 Å². The van der Waals surface area contributed by atoms with E-state index in [2.05, 4.69) is 19.0 Å². The third kappa shape index (κ3) is 2.55. The van der Waals surface area contributed by atoms with Gasteiger partial charge >= 0.3 is 5.97 Å². The summed E-state index contributed by atoms with van der Waals surface area (Å²) in [5.41, 5.74) is 0.898. The van der Waals surface area contributed by atoms with Crippen LogP contribution in [0.2, 0.25) is 0 Å². The van der Waals surface area contributed by atoms with Crippen molar-refractivity contribution in [1.82, 2.24) is 0 Å². The minimum absolute atomic E-state index is 0.00826. The molecule has 5 nitrogen and oxygen atoms in total. The molecule has 0 aromatic carbocycles. The van der Waals surface area contributed by atoms with E-state index in [4.69, 9.17) is 9.57 Å². The van der Waals surface area contributed by atoms with Gasteiger partial charge in [0.15, 0.2) is 5.78 Å². The Bertz CT molecular complexity index is 450. The van der Waals surface area contributed by atoms with Crippen LogP contribution in [0.1, 0.15) is 27.2 Å². The lowest BCUT2D eigenvalue weighted by Crippen LogP contribution is -2.52. The van der Waals surface area contributed by atoms with Gasteiger partial charge in [0.05, 0.1) is 12.8 Å². The van der Waals surface area contributed by atoms with E-state index in [0.717, 1.165) is 12.0 Å². The number of ketones is 1.